The van der Waals surface area contributed by atoms with Gasteiger partial charge in [-0.15, -0.1) is 0 Å². The highest BCUT2D eigenvalue weighted by atomic mass is 15.2. The van der Waals surface area contributed by atoms with E-state index in [4.69, 9.17) is 5.73 Å². The average Bonchev–Trinajstić information content (AvgIpc) is 2.72. The summed E-state index contributed by atoms with van der Waals surface area (Å²) < 4.78 is 0. The van der Waals surface area contributed by atoms with E-state index in [1.54, 1.807) is 0 Å². The van der Waals surface area contributed by atoms with Crippen LogP contribution in [0, 0.1) is 13.8 Å². The summed E-state index contributed by atoms with van der Waals surface area (Å²) in [7, 11) is 0. The van der Waals surface area contributed by atoms with Crippen LogP contribution < -0.4 is 16.0 Å². The highest BCUT2D eigenvalue weighted by Crippen LogP contribution is 2.34. The van der Waals surface area contributed by atoms with Gasteiger partial charge in [-0.25, -0.2) is 9.97 Å². The van der Waals surface area contributed by atoms with Gasteiger partial charge in [-0.05, 0) is 50.6 Å². The molecule has 0 radical (unpaired) electrons. The maximum atomic E-state index is 6.51. The van der Waals surface area contributed by atoms with Crippen LogP contribution in [0.4, 0.5) is 28.7 Å². The number of nitrogens with one attached hydrogen (secondary N) is 1. The normalized spacial score (nSPS) is 10.9. The molecular formula is C23H24N6. The molecule has 0 atom stereocenters. The van der Waals surface area contributed by atoms with Crippen LogP contribution >= 0.6 is 0 Å². The Kier molecular flexibility index (Phi) is 4.99. The second kappa shape index (κ2) is 7.75. The number of aromatic nitrogens is 3. The Morgan fingerprint density at radius 3 is 2.62 bits per heavy atom. The number of nitrogen functional groups attached to an aromatic ring is 1. The number of para-hydroxylation sites is 1. The third kappa shape index (κ3) is 3.69. The third-order valence-electron chi connectivity index (χ3n) is 4.86. The van der Waals surface area contributed by atoms with Gasteiger partial charge in [0.1, 0.15) is 12.0 Å². The van der Waals surface area contributed by atoms with Gasteiger partial charge in [0, 0.05) is 23.3 Å². The Hall–Kier alpha value is -3.67. The number of benzene rings is 2. The summed E-state index contributed by atoms with van der Waals surface area (Å²) in [5.41, 5.74) is 11.9. The van der Waals surface area contributed by atoms with E-state index in [2.05, 4.69) is 63.3 Å². The van der Waals surface area contributed by atoms with Crippen LogP contribution in [0.15, 0.2) is 60.9 Å². The highest BCUT2D eigenvalue weighted by molar-refractivity contribution is 5.93. The molecule has 0 saturated heterocycles. The van der Waals surface area contributed by atoms with Crippen molar-refractivity contribution in [3.05, 3.63) is 72.2 Å². The molecule has 2 aromatic heterocycles. The molecular weight excluding hydrogens is 360 g/mol. The molecule has 146 valence electrons. The lowest BCUT2D eigenvalue weighted by Gasteiger charge is -2.24. The van der Waals surface area contributed by atoms with E-state index in [1.165, 1.54) is 11.9 Å². The number of pyridine rings is 1. The van der Waals surface area contributed by atoms with Crippen LogP contribution in [0.3, 0.4) is 0 Å². The molecule has 0 aliphatic rings. The zero-order valence-corrected chi connectivity index (χ0v) is 16.8. The van der Waals surface area contributed by atoms with E-state index in [0.29, 0.717) is 17.3 Å². The van der Waals surface area contributed by atoms with Crippen LogP contribution in [0.2, 0.25) is 0 Å². The van der Waals surface area contributed by atoms with Gasteiger partial charge in [-0.2, -0.15) is 0 Å². The summed E-state index contributed by atoms with van der Waals surface area (Å²) >= 11 is 0. The maximum absolute atomic E-state index is 6.51. The van der Waals surface area contributed by atoms with E-state index in [1.807, 2.05) is 37.3 Å². The third-order valence-corrected chi connectivity index (χ3v) is 4.86. The van der Waals surface area contributed by atoms with Gasteiger partial charge in [0.25, 0.3) is 0 Å². The molecule has 2 aromatic carbocycles. The van der Waals surface area contributed by atoms with Gasteiger partial charge in [0.05, 0.1) is 11.2 Å². The molecule has 0 aliphatic heterocycles. The summed E-state index contributed by atoms with van der Waals surface area (Å²) in [6.07, 6.45) is 1.54. The quantitative estimate of drug-likeness (QED) is 0.497. The number of fused-ring (bicyclic) bond motifs is 1. The molecule has 0 spiro atoms. The van der Waals surface area contributed by atoms with Crippen molar-refractivity contribution in [2.24, 2.45) is 0 Å². The molecule has 0 bridgehead atoms. The lowest BCUT2D eigenvalue weighted by Crippen LogP contribution is -2.20. The monoisotopic (exact) mass is 384 g/mol. The van der Waals surface area contributed by atoms with Crippen LogP contribution in [0.5, 0.6) is 0 Å². The summed E-state index contributed by atoms with van der Waals surface area (Å²) in [6, 6.07) is 18.4. The summed E-state index contributed by atoms with van der Waals surface area (Å²) in [4.78, 5) is 15.6. The molecule has 4 aromatic rings. The van der Waals surface area contributed by atoms with Crippen molar-refractivity contribution in [3.63, 3.8) is 0 Å². The molecule has 0 fully saturated rings. The molecule has 29 heavy (non-hydrogen) atoms. The van der Waals surface area contributed by atoms with Crippen LogP contribution in [-0.4, -0.2) is 21.5 Å². The van der Waals surface area contributed by atoms with Crippen molar-refractivity contribution < 1.29 is 0 Å². The Bertz CT molecular complexity index is 1170. The SMILES string of the molecule is CCN(c1cccc(C)c1)c1ncnc(Nc2cccc3ccc(C)nc23)c1N. The first-order valence-electron chi connectivity index (χ1n) is 9.65. The van der Waals surface area contributed by atoms with Crippen LogP contribution in [0.25, 0.3) is 10.9 Å². The van der Waals surface area contributed by atoms with E-state index >= 15 is 0 Å². The van der Waals surface area contributed by atoms with Gasteiger partial charge in [0.15, 0.2) is 11.6 Å². The second-order valence-corrected chi connectivity index (χ2v) is 7.00. The minimum atomic E-state index is 0.500. The van der Waals surface area contributed by atoms with E-state index in [0.717, 1.165) is 34.5 Å². The highest BCUT2D eigenvalue weighted by Gasteiger charge is 2.16. The number of nitrogens with zero attached hydrogens (tertiary/aromatic N) is 4. The van der Waals surface area contributed by atoms with E-state index in [9.17, 15) is 0 Å². The average molecular weight is 384 g/mol. The van der Waals surface area contributed by atoms with Gasteiger partial charge in [-0.3, -0.25) is 4.98 Å². The van der Waals surface area contributed by atoms with Crippen molar-refractivity contribution >= 4 is 39.6 Å². The fraction of sp³-hybridized carbons (Fsp3) is 0.174. The smallest absolute Gasteiger partial charge is 0.161 e. The molecule has 0 aliphatic carbocycles. The number of anilines is 5. The summed E-state index contributed by atoms with van der Waals surface area (Å²) in [6.45, 7) is 6.87. The molecule has 0 saturated carbocycles. The maximum Gasteiger partial charge on any atom is 0.161 e. The Morgan fingerprint density at radius 1 is 1.00 bits per heavy atom. The molecule has 6 nitrogen and oxygen atoms in total. The Labute approximate surface area is 170 Å². The van der Waals surface area contributed by atoms with Crippen molar-refractivity contribution in [2.75, 3.05) is 22.5 Å². The lowest BCUT2D eigenvalue weighted by atomic mass is 10.1. The minimum Gasteiger partial charge on any atom is -0.393 e. The fourth-order valence-corrected chi connectivity index (χ4v) is 3.42. The first-order chi connectivity index (χ1) is 14.1. The number of hydrogen-bond donors (Lipinski definition) is 2. The molecule has 0 amide bonds. The fourth-order valence-electron chi connectivity index (χ4n) is 3.42. The number of nitrogens with two attached hydrogens (primary N) is 1. The van der Waals surface area contributed by atoms with Crippen LogP contribution in [-0.2, 0) is 0 Å². The molecule has 0 unspecified atom stereocenters. The van der Waals surface area contributed by atoms with Gasteiger partial charge < -0.3 is 16.0 Å². The molecule has 3 N–H and O–H groups in total. The van der Waals surface area contributed by atoms with Crippen molar-refractivity contribution in [2.45, 2.75) is 20.8 Å². The number of aryl methyl sites for hydroxylation is 2. The number of hydrogen-bond acceptors (Lipinski definition) is 6. The topological polar surface area (TPSA) is 80.0 Å². The summed E-state index contributed by atoms with van der Waals surface area (Å²) in [5, 5.41) is 4.42. The zero-order valence-electron chi connectivity index (χ0n) is 16.8. The molecule has 4 rings (SSSR count). The van der Waals surface area contributed by atoms with Crippen LogP contribution in [0.1, 0.15) is 18.2 Å². The zero-order chi connectivity index (χ0) is 20.4. The summed E-state index contributed by atoms with van der Waals surface area (Å²) in [5.74, 6) is 1.25. The van der Waals surface area contributed by atoms with Crippen molar-refractivity contribution in [1.82, 2.24) is 15.0 Å². The van der Waals surface area contributed by atoms with E-state index < -0.39 is 0 Å². The number of rotatable bonds is 5. The van der Waals surface area contributed by atoms with E-state index in [-0.39, 0.29) is 0 Å². The van der Waals surface area contributed by atoms with Crippen molar-refractivity contribution in [3.8, 4) is 0 Å². The van der Waals surface area contributed by atoms with Crippen molar-refractivity contribution in [1.29, 1.82) is 0 Å². The Balaban J connectivity index is 1.75. The standard InChI is InChI=1S/C23H24N6/c1-4-29(18-9-5-7-15(2)13-18)23-20(24)22(25-14-26-23)28-19-10-6-8-17-12-11-16(3)27-21(17)19/h5-14H,4,24H2,1-3H3,(H,25,26,28). The molecule has 6 heteroatoms. The lowest BCUT2D eigenvalue weighted by molar-refractivity contribution is 0.979. The first-order valence-corrected chi connectivity index (χ1v) is 9.65. The predicted octanol–water partition coefficient (Wildman–Crippen LogP) is 5.13. The minimum absolute atomic E-state index is 0.500. The molecule has 2 heterocycles. The first kappa shape index (κ1) is 18.7. The Morgan fingerprint density at radius 2 is 1.83 bits per heavy atom. The predicted molar refractivity (Wildman–Crippen MR) is 120 cm³/mol. The van der Waals surface area contributed by atoms with Gasteiger partial charge in [-0.1, -0.05) is 30.3 Å². The van der Waals surface area contributed by atoms with Gasteiger partial charge in [0.2, 0.25) is 0 Å². The second-order valence-electron chi connectivity index (χ2n) is 7.00. The van der Waals surface area contributed by atoms with Gasteiger partial charge >= 0.3 is 0 Å². The largest absolute Gasteiger partial charge is 0.393 e.